The molecule has 0 aliphatic heterocycles. The van der Waals surface area contributed by atoms with Crippen molar-refractivity contribution in [2.45, 2.75) is 26.3 Å². The Labute approximate surface area is 101 Å². The Hall–Kier alpha value is -2.54. The molecule has 9 nitrogen and oxygen atoms in total. The van der Waals surface area contributed by atoms with Crippen molar-refractivity contribution in [3.63, 3.8) is 0 Å². The van der Waals surface area contributed by atoms with Gasteiger partial charge in [0.2, 0.25) is 5.95 Å². The van der Waals surface area contributed by atoms with E-state index in [1.807, 2.05) is 20.8 Å². The molecule has 2 heterocycles. The summed E-state index contributed by atoms with van der Waals surface area (Å²) in [5, 5.41) is 3.48. The lowest BCUT2D eigenvalue weighted by Gasteiger charge is -2.22. The summed E-state index contributed by atoms with van der Waals surface area (Å²) in [5.41, 5.74) is 13.5. The second-order valence-electron chi connectivity index (χ2n) is 4.73. The molecule has 94 valence electrons. The number of nitrogen functional groups attached to an aromatic ring is 1. The number of rotatable bonds is 1. The number of hydrogen-bond donors (Lipinski definition) is 2. The number of nitrogens with zero attached hydrogens (tertiary/aromatic N) is 6. The Balaban J connectivity index is 2.99. The van der Waals surface area contributed by atoms with E-state index >= 15 is 0 Å². The molecule has 0 atom stereocenters. The van der Waals surface area contributed by atoms with Crippen molar-refractivity contribution >= 4 is 23.1 Å². The molecule has 2 rings (SSSR count). The zero-order chi connectivity index (χ0) is 13.5. The predicted octanol–water partition coefficient (Wildman–Crippen LogP) is 1.40. The quantitative estimate of drug-likeness (QED) is 0.447. The third-order valence-corrected chi connectivity index (χ3v) is 2.32. The largest absolute Gasteiger partial charge is 0.369 e. The van der Waals surface area contributed by atoms with Gasteiger partial charge in [-0.15, -0.1) is 0 Å². The number of nitrogens with one attached hydrogen (secondary N) is 1. The van der Waals surface area contributed by atoms with Crippen molar-refractivity contribution in [2.24, 2.45) is 5.11 Å². The van der Waals surface area contributed by atoms with Gasteiger partial charge in [0.05, 0.1) is 0 Å². The van der Waals surface area contributed by atoms with Gasteiger partial charge in [-0.05, 0) is 31.4 Å². The highest BCUT2D eigenvalue weighted by Gasteiger charge is 2.23. The first-order chi connectivity index (χ1) is 8.34. The Morgan fingerprint density at radius 3 is 2.67 bits per heavy atom. The lowest BCUT2D eigenvalue weighted by Crippen LogP contribution is -2.22. The zero-order valence-electron chi connectivity index (χ0n) is 10.2. The van der Waals surface area contributed by atoms with Crippen LogP contribution in [0.15, 0.2) is 9.91 Å². The average Bonchev–Trinajstić information content (AvgIpc) is 2.56. The maximum absolute atomic E-state index is 11.7. The lowest BCUT2D eigenvalue weighted by molar-refractivity contribution is 0.410. The van der Waals surface area contributed by atoms with E-state index in [-0.39, 0.29) is 17.4 Å². The van der Waals surface area contributed by atoms with Gasteiger partial charge < -0.3 is 10.3 Å². The van der Waals surface area contributed by atoms with Crippen LogP contribution in [0.1, 0.15) is 20.8 Å². The average molecular weight is 248 g/mol. The zero-order valence-corrected chi connectivity index (χ0v) is 10.2. The van der Waals surface area contributed by atoms with Crippen LogP contribution in [-0.2, 0) is 5.54 Å². The van der Waals surface area contributed by atoms with Crippen LogP contribution in [-0.4, -0.2) is 19.5 Å². The van der Waals surface area contributed by atoms with Gasteiger partial charge in [0.25, 0.3) is 5.56 Å². The molecular weight excluding hydrogens is 236 g/mol. The molecule has 0 saturated carbocycles. The molecule has 0 amide bonds. The van der Waals surface area contributed by atoms with Gasteiger partial charge in [-0.3, -0.25) is 9.78 Å². The van der Waals surface area contributed by atoms with Gasteiger partial charge >= 0.3 is 0 Å². The maximum atomic E-state index is 11.7. The molecule has 2 aromatic heterocycles. The van der Waals surface area contributed by atoms with Gasteiger partial charge in [-0.2, -0.15) is 4.98 Å². The fraction of sp³-hybridized carbons (Fsp3) is 0.444. The van der Waals surface area contributed by atoms with E-state index in [2.05, 4.69) is 25.0 Å². The molecular formula is C9H12N8O. The van der Waals surface area contributed by atoms with E-state index in [9.17, 15) is 4.79 Å². The molecule has 0 radical (unpaired) electrons. The molecule has 9 heteroatoms. The van der Waals surface area contributed by atoms with E-state index in [0.717, 1.165) is 0 Å². The smallest absolute Gasteiger partial charge is 0.280 e. The Morgan fingerprint density at radius 1 is 1.44 bits per heavy atom. The normalized spacial score (nSPS) is 11.5. The molecule has 0 unspecified atom stereocenters. The highest BCUT2D eigenvalue weighted by atomic mass is 16.1. The molecule has 0 fully saturated rings. The number of anilines is 1. The number of aromatic nitrogens is 4. The van der Waals surface area contributed by atoms with Crippen LogP contribution in [0.5, 0.6) is 0 Å². The minimum Gasteiger partial charge on any atom is -0.369 e. The van der Waals surface area contributed by atoms with Crippen LogP contribution >= 0.6 is 0 Å². The fourth-order valence-electron chi connectivity index (χ4n) is 1.70. The molecule has 3 N–H and O–H groups in total. The third-order valence-electron chi connectivity index (χ3n) is 2.32. The van der Waals surface area contributed by atoms with Gasteiger partial charge in [0.15, 0.2) is 17.1 Å². The topological polar surface area (TPSA) is 138 Å². The van der Waals surface area contributed by atoms with Gasteiger partial charge in [0, 0.05) is 10.5 Å². The Bertz CT molecular complexity index is 712. The second kappa shape index (κ2) is 3.74. The summed E-state index contributed by atoms with van der Waals surface area (Å²) in [4.78, 5) is 24.8. The maximum Gasteiger partial charge on any atom is 0.280 e. The molecule has 0 aromatic carbocycles. The lowest BCUT2D eigenvalue weighted by atomic mass is 10.1. The van der Waals surface area contributed by atoms with Crippen LogP contribution in [0.3, 0.4) is 0 Å². The molecule has 0 aliphatic carbocycles. The Morgan fingerprint density at radius 2 is 2.11 bits per heavy atom. The molecule has 0 saturated heterocycles. The third kappa shape index (κ3) is 1.76. The summed E-state index contributed by atoms with van der Waals surface area (Å²) in [5.74, 6) is 0.0778. The minimum absolute atomic E-state index is 0.00890. The molecule has 0 bridgehead atoms. The van der Waals surface area contributed by atoms with Gasteiger partial charge in [-0.1, -0.05) is 0 Å². The first-order valence-electron chi connectivity index (χ1n) is 5.18. The number of fused-ring (bicyclic) bond motifs is 1. The summed E-state index contributed by atoms with van der Waals surface area (Å²) >= 11 is 0. The number of imidazole rings is 1. The van der Waals surface area contributed by atoms with E-state index < -0.39 is 11.1 Å². The summed E-state index contributed by atoms with van der Waals surface area (Å²) in [6.45, 7) is 5.64. The van der Waals surface area contributed by atoms with Crippen molar-refractivity contribution in [3.05, 3.63) is 20.8 Å². The summed E-state index contributed by atoms with van der Waals surface area (Å²) in [6.07, 6.45) is 0. The number of aromatic amines is 1. The molecule has 0 aliphatic rings. The highest BCUT2D eigenvalue weighted by Crippen LogP contribution is 2.27. The molecule has 2 aromatic rings. The van der Waals surface area contributed by atoms with Crippen LogP contribution in [0.2, 0.25) is 0 Å². The summed E-state index contributed by atoms with van der Waals surface area (Å²) in [6, 6.07) is 0. The minimum atomic E-state index is -0.463. The first-order valence-corrected chi connectivity index (χ1v) is 5.18. The van der Waals surface area contributed by atoms with Gasteiger partial charge in [0.1, 0.15) is 0 Å². The van der Waals surface area contributed by atoms with E-state index in [1.165, 1.54) is 0 Å². The van der Waals surface area contributed by atoms with E-state index in [4.69, 9.17) is 11.3 Å². The van der Waals surface area contributed by atoms with E-state index in [1.54, 1.807) is 4.57 Å². The second-order valence-corrected chi connectivity index (χ2v) is 4.73. The molecule has 0 spiro atoms. The molecule has 18 heavy (non-hydrogen) atoms. The fourth-order valence-corrected chi connectivity index (χ4v) is 1.70. The number of H-pyrrole nitrogens is 1. The summed E-state index contributed by atoms with van der Waals surface area (Å²) in [7, 11) is 0. The van der Waals surface area contributed by atoms with Crippen molar-refractivity contribution in [1.82, 2.24) is 19.5 Å². The van der Waals surface area contributed by atoms with Crippen LogP contribution in [0, 0.1) is 0 Å². The predicted molar refractivity (Wildman–Crippen MR) is 66.4 cm³/mol. The van der Waals surface area contributed by atoms with Crippen molar-refractivity contribution in [3.8, 4) is 0 Å². The van der Waals surface area contributed by atoms with Gasteiger partial charge in [-0.25, -0.2) is 4.98 Å². The van der Waals surface area contributed by atoms with Crippen LogP contribution in [0.25, 0.3) is 21.6 Å². The van der Waals surface area contributed by atoms with Crippen molar-refractivity contribution < 1.29 is 0 Å². The van der Waals surface area contributed by atoms with Crippen LogP contribution in [0.4, 0.5) is 11.9 Å². The van der Waals surface area contributed by atoms with Crippen molar-refractivity contribution in [1.29, 1.82) is 0 Å². The standard InChI is InChI=1S/C9H12N8O/c1-9(2,3)17-5-4(12-8(17)15-16-11)6(18)14-7(10)13-5/h1-3H3,(H3,10,13,14,18). The SMILES string of the molecule is CC(C)(C)n1c(N=[N+]=[N-])nc2c(=O)[nH]c(N)nc21. The first kappa shape index (κ1) is 11.9. The van der Waals surface area contributed by atoms with Crippen molar-refractivity contribution in [2.75, 3.05) is 5.73 Å². The van der Waals surface area contributed by atoms with Crippen LogP contribution < -0.4 is 11.3 Å². The monoisotopic (exact) mass is 248 g/mol. The number of azide groups is 1. The summed E-state index contributed by atoms with van der Waals surface area (Å²) < 4.78 is 1.58. The highest BCUT2D eigenvalue weighted by molar-refractivity contribution is 5.74. The Kier molecular flexibility index (Phi) is 2.48. The number of nitrogens with two attached hydrogens (primary N) is 1. The number of hydrogen-bond acceptors (Lipinski definition) is 5. The van der Waals surface area contributed by atoms with E-state index in [0.29, 0.717) is 5.65 Å².